The molecule has 3 heteroatoms. The van der Waals surface area contributed by atoms with Gasteiger partial charge in [0, 0.05) is 26.7 Å². The number of nitrogens with two attached hydrogens (primary N) is 1. The van der Waals surface area contributed by atoms with Crippen LogP contribution in [0.2, 0.25) is 0 Å². The van der Waals surface area contributed by atoms with Crippen LogP contribution < -0.4 is 5.73 Å². The average Bonchev–Trinajstić information content (AvgIpc) is 2.28. The predicted molar refractivity (Wildman–Crippen MR) is 68.5 cm³/mol. The van der Waals surface area contributed by atoms with Gasteiger partial charge in [0.05, 0.1) is 6.10 Å². The van der Waals surface area contributed by atoms with E-state index in [2.05, 4.69) is 18.7 Å². The molecular formula is C13H28N2O. The topological polar surface area (TPSA) is 38.5 Å². The Morgan fingerprint density at radius 2 is 1.94 bits per heavy atom. The van der Waals surface area contributed by atoms with Crippen molar-refractivity contribution in [1.29, 1.82) is 0 Å². The molecule has 16 heavy (non-hydrogen) atoms. The summed E-state index contributed by atoms with van der Waals surface area (Å²) >= 11 is 0. The molecule has 0 aromatic carbocycles. The van der Waals surface area contributed by atoms with E-state index in [1.807, 2.05) is 7.11 Å². The normalized spacial score (nSPS) is 21.6. The van der Waals surface area contributed by atoms with Gasteiger partial charge >= 0.3 is 0 Å². The van der Waals surface area contributed by atoms with Crippen LogP contribution in [-0.2, 0) is 4.74 Å². The molecular weight excluding hydrogens is 200 g/mol. The van der Waals surface area contributed by atoms with Crippen molar-refractivity contribution in [3.8, 4) is 0 Å². The number of likely N-dealkylation sites (tertiary alicyclic amines) is 1. The lowest BCUT2D eigenvalue weighted by Gasteiger charge is -2.33. The number of rotatable bonds is 6. The third-order valence-electron chi connectivity index (χ3n) is 3.52. The van der Waals surface area contributed by atoms with Crippen molar-refractivity contribution in [2.24, 2.45) is 17.6 Å². The summed E-state index contributed by atoms with van der Waals surface area (Å²) in [6, 6.07) is 0. The molecule has 1 atom stereocenters. The molecule has 96 valence electrons. The smallest absolute Gasteiger partial charge is 0.0595 e. The fourth-order valence-electron chi connectivity index (χ4n) is 2.60. The summed E-state index contributed by atoms with van der Waals surface area (Å²) in [5, 5.41) is 0. The first kappa shape index (κ1) is 13.9. The molecule has 0 aromatic heterocycles. The second-order valence-electron chi connectivity index (χ2n) is 5.47. The van der Waals surface area contributed by atoms with Gasteiger partial charge in [-0.1, -0.05) is 13.8 Å². The minimum atomic E-state index is 0.484. The zero-order valence-electron chi connectivity index (χ0n) is 11.1. The maximum atomic E-state index is 5.84. The Balaban J connectivity index is 2.25. The van der Waals surface area contributed by atoms with Crippen molar-refractivity contribution in [1.82, 2.24) is 4.90 Å². The van der Waals surface area contributed by atoms with Gasteiger partial charge in [-0.3, -0.25) is 0 Å². The summed E-state index contributed by atoms with van der Waals surface area (Å²) < 4.78 is 5.38. The van der Waals surface area contributed by atoms with E-state index in [-0.39, 0.29) is 0 Å². The first-order valence-electron chi connectivity index (χ1n) is 6.61. The maximum absolute atomic E-state index is 5.84. The van der Waals surface area contributed by atoms with Crippen molar-refractivity contribution in [3.05, 3.63) is 0 Å². The SMILES string of the molecule is COC1CCN(CC(CN)CC(C)C)CC1. The fourth-order valence-corrected chi connectivity index (χ4v) is 2.60. The largest absolute Gasteiger partial charge is 0.381 e. The third kappa shape index (κ3) is 4.81. The van der Waals surface area contributed by atoms with E-state index in [4.69, 9.17) is 10.5 Å². The fraction of sp³-hybridized carbons (Fsp3) is 1.00. The molecule has 1 aliphatic rings. The lowest BCUT2D eigenvalue weighted by molar-refractivity contribution is 0.0359. The highest BCUT2D eigenvalue weighted by atomic mass is 16.5. The monoisotopic (exact) mass is 228 g/mol. The highest BCUT2D eigenvalue weighted by molar-refractivity contribution is 4.75. The second-order valence-corrected chi connectivity index (χ2v) is 5.47. The van der Waals surface area contributed by atoms with E-state index in [0.717, 1.165) is 12.5 Å². The standard InChI is InChI=1S/C13H28N2O/c1-11(2)8-12(9-14)10-15-6-4-13(16-3)5-7-15/h11-13H,4-10,14H2,1-3H3. The lowest BCUT2D eigenvalue weighted by Crippen LogP contribution is -2.41. The van der Waals surface area contributed by atoms with Crippen molar-refractivity contribution in [2.75, 3.05) is 33.3 Å². The predicted octanol–water partition coefficient (Wildman–Crippen LogP) is 1.72. The van der Waals surface area contributed by atoms with Crippen LogP contribution in [0.4, 0.5) is 0 Å². The minimum absolute atomic E-state index is 0.484. The van der Waals surface area contributed by atoms with E-state index >= 15 is 0 Å². The Kier molecular flexibility index (Phi) is 6.32. The number of piperidine rings is 1. The number of methoxy groups -OCH3 is 1. The van der Waals surface area contributed by atoms with Crippen molar-refractivity contribution in [3.63, 3.8) is 0 Å². The Labute approximate surface area is 100 Å². The summed E-state index contributed by atoms with van der Waals surface area (Å²) in [5.74, 6) is 1.42. The van der Waals surface area contributed by atoms with Gasteiger partial charge in [0.2, 0.25) is 0 Å². The van der Waals surface area contributed by atoms with Gasteiger partial charge in [0.15, 0.2) is 0 Å². The van der Waals surface area contributed by atoms with Gasteiger partial charge in [-0.25, -0.2) is 0 Å². The van der Waals surface area contributed by atoms with E-state index in [1.54, 1.807) is 0 Å². The third-order valence-corrected chi connectivity index (χ3v) is 3.52. The molecule has 0 aromatic rings. The summed E-state index contributed by atoms with van der Waals surface area (Å²) in [7, 11) is 1.82. The first-order chi connectivity index (χ1) is 7.65. The Morgan fingerprint density at radius 3 is 2.38 bits per heavy atom. The Bertz CT molecular complexity index is 177. The van der Waals surface area contributed by atoms with Gasteiger partial charge in [0.25, 0.3) is 0 Å². The molecule has 1 fully saturated rings. The zero-order valence-corrected chi connectivity index (χ0v) is 11.1. The van der Waals surface area contributed by atoms with Crippen LogP contribution in [0.3, 0.4) is 0 Å². The van der Waals surface area contributed by atoms with E-state index in [9.17, 15) is 0 Å². The molecule has 0 bridgehead atoms. The van der Waals surface area contributed by atoms with Crippen molar-refractivity contribution < 1.29 is 4.74 Å². The summed E-state index contributed by atoms with van der Waals surface area (Å²) in [6.07, 6.45) is 4.09. The molecule has 0 amide bonds. The molecule has 1 aliphatic heterocycles. The summed E-state index contributed by atoms with van der Waals surface area (Å²) in [4.78, 5) is 2.55. The molecule has 1 unspecified atom stereocenters. The summed E-state index contributed by atoms with van der Waals surface area (Å²) in [5.41, 5.74) is 5.84. The zero-order chi connectivity index (χ0) is 12.0. The van der Waals surface area contributed by atoms with Crippen LogP contribution in [0.15, 0.2) is 0 Å². The molecule has 2 N–H and O–H groups in total. The van der Waals surface area contributed by atoms with Crippen LogP contribution in [0, 0.1) is 11.8 Å². The van der Waals surface area contributed by atoms with Crippen molar-refractivity contribution >= 4 is 0 Å². The molecule has 0 aliphatic carbocycles. The number of ether oxygens (including phenoxy) is 1. The van der Waals surface area contributed by atoms with Crippen LogP contribution in [-0.4, -0.2) is 44.3 Å². The quantitative estimate of drug-likeness (QED) is 0.752. The van der Waals surface area contributed by atoms with Crippen LogP contribution in [0.5, 0.6) is 0 Å². The lowest BCUT2D eigenvalue weighted by atomic mass is 9.95. The summed E-state index contributed by atoms with van der Waals surface area (Å²) in [6.45, 7) is 8.90. The number of hydrogen-bond donors (Lipinski definition) is 1. The number of hydrogen-bond acceptors (Lipinski definition) is 3. The van der Waals surface area contributed by atoms with Crippen LogP contribution >= 0.6 is 0 Å². The van der Waals surface area contributed by atoms with Gasteiger partial charge in [-0.05, 0) is 37.6 Å². The Morgan fingerprint density at radius 1 is 1.31 bits per heavy atom. The Hall–Kier alpha value is -0.120. The van der Waals surface area contributed by atoms with Crippen LogP contribution in [0.25, 0.3) is 0 Å². The first-order valence-corrected chi connectivity index (χ1v) is 6.61. The highest BCUT2D eigenvalue weighted by Crippen LogP contribution is 2.17. The van der Waals surface area contributed by atoms with Gasteiger partial charge in [-0.15, -0.1) is 0 Å². The highest BCUT2D eigenvalue weighted by Gasteiger charge is 2.21. The molecule has 0 saturated carbocycles. The second kappa shape index (κ2) is 7.25. The number of nitrogens with zero attached hydrogens (tertiary/aromatic N) is 1. The molecule has 1 heterocycles. The molecule has 0 radical (unpaired) electrons. The maximum Gasteiger partial charge on any atom is 0.0595 e. The van der Waals surface area contributed by atoms with Gasteiger partial charge in [0.1, 0.15) is 0 Å². The van der Waals surface area contributed by atoms with Crippen molar-refractivity contribution in [2.45, 2.75) is 39.2 Å². The van der Waals surface area contributed by atoms with Gasteiger partial charge in [-0.2, -0.15) is 0 Å². The molecule has 1 saturated heterocycles. The van der Waals surface area contributed by atoms with Crippen LogP contribution in [0.1, 0.15) is 33.1 Å². The molecule has 3 nitrogen and oxygen atoms in total. The minimum Gasteiger partial charge on any atom is -0.381 e. The van der Waals surface area contributed by atoms with E-state index in [0.29, 0.717) is 12.0 Å². The van der Waals surface area contributed by atoms with Gasteiger partial charge < -0.3 is 15.4 Å². The molecule has 0 spiro atoms. The van der Waals surface area contributed by atoms with E-state index < -0.39 is 0 Å². The van der Waals surface area contributed by atoms with E-state index in [1.165, 1.54) is 38.9 Å². The average molecular weight is 228 g/mol. The molecule has 1 rings (SSSR count).